The van der Waals surface area contributed by atoms with E-state index in [0.717, 1.165) is 18.5 Å². The molecule has 1 atom stereocenters. The highest BCUT2D eigenvalue weighted by Gasteiger charge is 2.20. The molecule has 0 N–H and O–H groups in total. The zero-order valence-electron chi connectivity index (χ0n) is 11.0. The van der Waals surface area contributed by atoms with Gasteiger partial charge >= 0.3 is 0 Å². The highest BCUT2D eigenvalue weighted by atomic mass is 79.9. The van der Waals surface area contributed by atoms with Gasteiger partial charge in [-0.1, -0.05) is 28.8 Å². The number of alkyl halides is 1. The smallest absolute Gasteiger partial charge is 0.0600 e. The predicted molar refractivity (Wildman–Crippen MR) is 73.3 cm³/mol. The van der Waals surface area contributed by atoms with Crippen molar-refractivity contribution in [3.8, 4) is 0 Å². The van der Waals surface area contributed by atoms with Crippen LogP contribution in [-0.4, -0.2) is 41.6 Å². The topological polar surface area (TPSA) is 12.5 Å². The number of hydrogen-bond donors (Lipinski definition) is 0. The highest BCUT2D eigenvalue weighted by Crippen LogP contribution is 2.18. The third-order valence-corrected chi connectivity index (χ3v) is 3.84. The lowest BCUT2D eigenvalue weighted by atomic mass is 10.1. The largest absolute Gasteiger partial charge is 0.375 e. The van der Waals surface area contributed by atoms with Gasteiger partial charge in [0.25, 0.3) is 0 Å². The van der Waals surface area contributed by atoms with Gasteiger partial charge in [-0.3, -0.25) is 4.90 Å². The van der Waals surface area contributed by atoms with Crippen LogP contribution in [0.5, 0.6) is 0 Å². The van der Waals surface area contributed by atoms with Crippen molar-refractivity contribution in [2.75, 3.05) is 25.0 Å². The summed E-state index contributed by atoms with van der Waals surface area (Å²) in [6.45, 7) is 9.54. The molecule has 96 valence electrons. The molecule has 0 aromatic rings. The quantitative estimate of drug-likeness (QED) is 0.736. The number of hydrogen-bond acceptors (Lipinski definition) is 2. The molecule has 0 aromatic carbocycles. The summed E-state index contributed by atoms with van der Waals surface area (Å²) in [7, 11) is 0. The Morgan fingerprint density at radius 1 is 1.25 bits per heavy atom. The minimum atomic E-state index is -0.00422. The molecule has 1 saturated heterocycles. The molecule has 0 aromatic heterocycles. The van der Waals surface area contributed by atoms with Crippen LogP contribution in [0.1, 0.15) is 46.5 Å². The van der Waals surface area contributed by atoms with Crippen molar-refractivity contribution in [1.82, 2.24) is 4.90 Å². The van der Waals surface area contributed by atoms with Crippen LogP contribution in [0.3, 0.4) is 0 Å². The first-order valence-corrected chi connectivity index (χ1v) is 7.59. The van der Waals surface area contributed by atoms with Crippen LogP contribution in [0, 0.1) is 0 Å². The zero-order chi connectivity index (χ0) is 12.0. The van der Waals surface area contributed by atoms with Crippen LogP contribution in [-0.2, 0) is 4.74 Å². The van der Waals surface area contributed by atoms with Gasteiger partial charge < -0.3 is 4.74 Å². The van der Waals surface area contributed by atoms with Crippen LogP contribution in [0.4, 0.5) is 0 Å². The molecule has 1 rings (SSSR count). The lowest BCUT2D eigenvalue weighted by molar-refractivity contribution is -0.0163. The van der Waals surface area contributed by atoms with Crippen molar-refractivity contribution in [2.45, 2.75) is 58.1 Å². The molecule has 3 heteroatoms. The van der Waals surface area contributed by atoms with Gasteiger partial charge in [0, 0.05) is 17.9 Å². The number of likely N-dealkylation sites (tertiary alicyclic amines) is 1. The molecule has 1 unspecified atom stereocenters. The van der Waals surface area contributed by atoms with E-state index in [9.17, 15) is 0 Å². The van der Waals surface area contributed by atoms with Gasteiger partial charge in [-0.15, -0.1) is 0 Å². The number of halogens is 1. The molecule has 0 spiro atoms. The van der Waals surface area contributed by atoms with Crippen LogP contribution in [0.15, 0.2) is 0 Å². The van der Waals surface area contributed by atoms with Gasteiger partial charge in [-0.05, 0) is 40.2 Å². The summed E-state index contributed by atoms with van der Waals surface area (Å²) in [5.41, 5.74) is -0.00422. The Labute approximate surface area is 109 Å². The van der Waals surface area contributed by atoms with Gasteiger partial charge in [-0.2, -0.15) is 0 Å². The van der Waals surface area contributed by atoms with E-state index in [1.807, 2.05) is 0 Å². The van der Waals surface area contributed by atoms with Crippen LogP contribution < -0.4 is 0 Å². The van der Waals surface area contributed by atoms with E-state index in [4.69, 9.17) is 4.74 Å². The Balaban J connectivity index is 2.31. The maximum atomic E-state index is 5.81. The zero-order valence-corrected chi connectivity index (χ0v) is 12.6. The van der Waals surface area contributed by atoms with Crippen molar-refractivity contribution in [3.05, 3.63) is 0 Å². The number of ether oxygens (including phenoxy) is 1. The van der Waals surface area contributed by atoms with E-state index in [1.165, 1.54) is 32.2 Å². The number of rotatable bonds is 4. The summed E-state index contributed by atoms with van der Waals surface area (Å²) in [6.07, 6.45) is 5.45. The van der Waals surface area contributed by atoms with E-state index in [2.05, 4.69) is 41.6 Å². The van der Waals surface area contributed by atoms with Gasteiger partial charge in [-0.25, -0.2) is 0 Å². The van der Waals surface area contributed by atoms with E-state index >= 15 is 0 Å². The first kappa shape index (κ1) is 14.5. The van der Waals surface area contributed by atoms with E-state index in [-0.39, 0.29) is 5.60 Å². The van der Waals surface area contributed by atoms with Crippen LogP contribution in [0.25, 0.3) is 0 Å². The molecular weight excluding hydrogens is 266 g/mol. The van der Waals surface area contributed by atoms with Gasteiger partial charge in [0.05, 0.1) is 12.2 Å². The molecule has 1 heterocycles. The molecule has 0 aliphatic carbocycles. The number of nitrogens with zero attached hydrogens (tertiary/aromatic N) is 1. The summed E-state index contributed by atoms with van der Waals surface area (Å²) >= 11 is 3.63. The Morgan fingerprint density at radius 2 is 2.00 bits per heavy atom. The monoisotopic (exact) mass is 291 g/mol. The van der Waals surface area contributed by atoms with Gasteiger partial charge in [0.15, 0.2) is 0 Å². The fourth-order valence-electron chi connectivity index (χ4n) is 2.17. The minimum absolute atomic E-state index is 0.00422. The maximum Gasteiger partial charge on any atom is 0.0600 e. The molecular formula is C13H26BrNO. The summed E-state index contributed by atoms with van der Waals surface area (Å²) < 4.78 is 5.81. The Kier molecular flexibility index (Phi) is 6.30. The Bertz CT molecular complexity index is 191. The van der Waals surface area contributed by atoms with Crippen LogP contribution in [0.2, 0.25) is 0 Å². The summed E-state index contributed by atoms with van der Waals surface area (Å²) in [5.74, 6) is 0. The van der Waals surface area contributed by atoms with Crippen LogP contribution >= 0.6 is 15.9 Å². The molecule has 0 saturated carbocycles. The van der Waals surface area contributed by atoms with Gasteiger partial charge in [0.2, 0.25) is 0 Å². The van der Waals surface area contributed by atoms with Crippen molar-refractivity contribution in [1.29, 1.82) is 0 Å². The van der Waals surface area contributed by atoms with E-state index in [0.29, 0.717) is 6.04 Å². The molecule has 0 radical (unpaired) electrons. The second kappa shape index (κ2) is 6.97. The van der Waals surface area contributed by atoms with Crippen molar-refractivity contribution in [2.24, 2.45) is 0 Å². The summed E-state index contributed by atoms with van der Waals surface area (Å²) in [6, 6.07) is 0.714. The lowest BCUT2D eigenvalue weighted by Gasteiger charge is -2.30. The summed E-state index contributed by atoms with van der Waals surface area (Å²) in [4.78, 5) is 2.59. The lowest BCUT2D eigenvalue weighted by Crippen LogP contribution is -2.39. The standard InChI is InChI=1S/C13H26BrNO/c1-13(2,3)16-10-9-15-8-6-4-5-7-12(15)11-14/h12H,4-11H2,1-3H3. The molecule has 0 bridgehead atoms. The van der Waals surface area contributed by atoms with Gasteiger partial charge in [0.1, 0.15) is 0 Å². The fourth-order valence-corrected chi connectivity index (χ4v) is 2.91. The highest BCUT2D eigenvalue weighted by molar-refractivity contribution is 9.09. The first-order chi connectivity index (χ1) is 7.53. The normalized spacial score (nSPS) is 24.4. The first-order valence-electron chi connectivity index (χ1n) is 6.47. The Hall–Kier alpha value is 0.400. The molecule has 1 aliphatic heterocycles. The SMILES string of the molecule is CC(C)(C)OCCN1CCCCCC1CBr. The summed E-state index contributed by atoms with van der Waals surface area (Å²) in [5, 5.41) is 1.10. The molecule has 0 amide bonds. The minimum Gasteiger partial charge on any atom is -0.375 e. The maximum absolute atomic E-state index is 5.81. The molecule has 16 heavy (non-hydrogen) atoms. The van der Waals surface area contributed by atoms with Crippen molar-refractivity contribution in [3.63, 3.8) is 0 Å². The average Bonchev–Trinajstić information content (AvgIpc) is 2.41. The second-order valence-electron chi connectivity index (χ2n) is 5.65. The third kappa shape index (κ3) is 5.65. The third-order valence-electron chi connectivity index (χ3n) is 3.09. The van der Waals surface area contributed by atoms with E-state index in [1.54, 1.807) is 0 Å². The van der Waals surface area contributed by atoms with Crippen molar-refractivity contribution < 1.29 is 4.74 Å². The second-order valence-corrected chi connectivity index (χ2v) is 6.30. The van der Waals surface area contributed by atoms with E-state index < -0.39 is 0 Å². The molecule has 1 fully saturated rings. The average molecular weight is 292 g/mol. The Morgan fingerprint density at radius 3 is 2.62 bits per heavy atom. The molecule has 2 nitrogen and oxygen atoms in total. The fraction of sp³-hybridized carbons (Fsp3) is 1.00. The molecule has 1 aliphatic rings. The predicted octanol–water partition coefficient (Wildman–Crippen LogP) is 3.44. The van der Waals surface area contributed by atoms with Crippen molar-refractivity contribution >= 4 is 15.9 Å².